The molecule has 0 N–H and O–H groups in total. The average Bonchev–Trinajstić information content (AvgIpc) is 2.81. The lowest BCUT2D eigenvalue weighted by Crippen LogP contribution is -2.28. The van der Waals surface area contributed by atoms with Crippen molar-refractivity contribution in [2.45, 2.75) is 45.4 Å². The molecule has 2 aromatic rings. The minimum Gasteiger partial charge on any atom is -0.360 e. The Morgan fingerprint density at radius 3 is 2.82 bits per heavy atom. The molecule has 0 saturated carbocycles. The van der Waals surface area contributed by atoms with Crippen LogP contribution < -0.4 is 4.90 Å². The third kappa shape index (κ3) is 2.65. The zero-order valence-electron chi connectivity index (χ0n) is 13.3. The van der Waals surface area contributed by atoms with Gasteiger partial charge in [-0.3, -0.25) is 4.79 Å². The van der Waals surface area contributed by atoms with Crippen LogP contribution in [-0.4, -0.2) is 18.1 Å². The number of anilines is 1. The molecule has 0 unspecified atom stereocenters. The normalized spacial score (nSPS) is 14.3. The van der Waals surface area contributed by atoms with E-state index < -0.39 is 0 Å². The van der Waals surface area contributed by atoms with Crippen molar-refractivity contribution in [1.82, 2.24) is 5.16 Å². The molecule has 0 bridgehead atoms. The Kier molecular flexibility index (Phi) is 4.27. The molecule has 22 heavy (non-hydrogen) atoms. The number of para-hydroxylation sites is 1. The average molecular weight is 298 g/mol. The Morgan fingerprint density at radius 2 is 2.00 bits per heavy atom. The van der Waals surface area contributed by atoms with Gasteiger partial charge in [-0.1, -0.05) is 36.7 Å². The van der Waals surface area contributed by atoms with E-state index >= 15 is 0 Å². The highest BCUT2D eigenvalue weighted by atomic mass is 16.5. The van der Waals surface area contributed by atoms with E-state index in [2.05, 4.69) is 18.1 Å². The molecule has 0 fully saturated rings. The first-order valence-electron chi connectivity index (χ1n) is 8.05. The SMILES string of the molecule is CCc1ccccc1N(C)C(=O)c1noc2c1CCCCC2. The second-order valence-corrected chi connectivity index (χ2v) is 5.84. The Bertz CT molecular complexity index is 675. The summed E-state index contributed by atoms with van der Waals surface area (Å²) in [7, 11) is 1.81. The lowest BCUT2D eigenvalue weighted by molar-refractivity contribution is 0.0983. The zero-order chi connectivity index (χ0) is 15.5. The number of fused-ring (bicyclic) bond motifs is 1. The quantitative estimate of drug-likeness (QED) is 0.810. The van der Waals surface area contributed by atoms with E-state index in [1.165, 1.54) is 6.42 Å². The number of aryl methyl sites for hydroxylation is 2. The fourth-order valence-electron chi connectivity index (χ4n) is 3.13. The highest BCUT2D eigenvalue weighted by Crippen LogP contribution is 2.27. The van der Waals surface area contributed by atoms with Crippen molar-refractivity contribution < 1.29 is 9.32 Å². The van der Waals surface area contributed by atoms with Crippen molar-refractivity contribution >= 4 is 11.6 Å². The third-order valence-corrected chi connectivity index (χ3v) is 4.44. The molecule has 0 saturated heterocycles. The van der Waals surface area contributed by atoms with E-state index in [-0.39, 0.29) is 5.91 Å². The van der Waals surface area contributed by atoms with Crippen molar-refractivity contribution in [3.8, 4) is 0 Å². The summed E-state index contributed by atoms with van der Waals surface area (Å²) in [5, 5.41) is 4.08. The number of benzene rings is 1. The molecule has 0 radical (unpaired) electrons. The summed E-state index contributed by atoms with van der Waals surface area (Å²) in [6.45, 7) is 2.10. The Morgan fingerprint density at radius 1 is 1.23 bits per heavy atom. The van der Waals surface area contributed by atoms with Gasteiger partial charge in [0.05, 0.1) is 0 Å². The number of rotatable bonds is 3. The van der Waals surface area contributed by atoms with Gasteiger partial charge in [-0.25, -0.2) is 0 Å². The molecule has 1 aromatic heterocycles. The van der Waals surface area contributed by atoms with Gasteiger partial charge in [-0.15, -0.1) is 0 Å². The summed E-state index contributed by atoms with van der Waals surface area (Å²) in [5.41, 5.74) is 3.61. The van der Waals surface area contributed by atoms with Gasteiger partial charge in [0.15, 0.2) is 5.69 Å². The van der Waals surface area contributed by atoms with Crippen LogP contribution in [0.3, 0.4) is 0 Å². The summed E-state index contributed by atoms with van der Waals surface area (Å²) in [4.78, 5) is 14.6. The maximum absolute atomic E-state index is 12.9. The molecule has 116 valence electrons. The molecule has 4 heteroatoms. The van der Waals surface area contributed by atoms with Gasteiger partial charge < -0.3 is 9.42 Å². The maximum atomic E-state index is 12.9. The van der Waals surface area contributed by atoms with Crippen molar-refractivity contribution in [2.24, 2.45) is 0 Å². The van der Waals surface area contributed by atoms with Crippen LogP contribution in [-0.2, 0) is 19.3 Å². The van der Waals surface area contributed by atoms with E-state index in [9.17, 15) is 4.79 Å². The molecule has 0 aliphatic heterocycles. The van der Waals surface area contributed by atoms with Gasteiger partial charge in [0.1, 0.15) is 5.76 Å². The van der Waals surface area contributed by atoms with Gasteiger partial charge in [0, 0.05) is 24.7 Å². The van der Waals surface area contributed by atoms with Crippen molar-refractivity contribution in [3.63, 3.8) is 0 Å². The van der Waals surface area contributed by atoms with Crippen LogP contribution in [0.4, 0.5) is 5.69 Å². The second-order valence-electron chi connectivity index (χ2n) is 5.84. The highest BCUT2D eigenvalue weighted by Gasteiger charge is 2.26. The van der Waals surface area contributed by atoms with E-state index in [4.69, 9.17) is 4.52 Å². The number of hydrogen-bond acceptors (Lipinski definition) is 3. The summed E-state index contributed by atoms with van der Waals surface area (Å²) in [6.07, 6.45) is 6.08. The number of carbonyl (C=O) groups excluding carboxylic acids is 1. The minimum absolute atomic E-state index is 0.0761. The van der Waals surface area contributed by atoms with Crippen LogP contribution in [0.5, 0.6) is 0 Å². The minimum atomic E-state index is -0.0761. The Balaban J connectivity index is 1.92. The molecule has 0 atom stereocenters. The molecular weight excluding hydrogens is 276 g/mol. The van der Waals surface area contributed by atoms with Crippen LogP contribution in [0.25, 0.3) is 0 Å². The largest absolute Gasteiger partial charge is 0.360 e. The van der Waals surface area contributed by atoms with Gasteiger partial charge in [-0.05, 0) is 37.3 Å². The topological polar surface area (TPSA) is 46.3 Å². The van der Waals surface area contributed by atoms with Crippen molar-refractivity contribution in [1.29, 1.82) is 0 Å². The van der Waals surface area contributed by atoms with Gasteiger partial charge >= 0.3 is 0 Å². The predicted molar refractivity (Wildman–Crippen MR) is 86.3 cm³/mol. The number of amides is 1. The first kappa shape index (κ1) is 14.8. The predicted octanol–water partition coefficient (Wildman–Crippen LogP) is 3.78. The molecule has 1 amide bonds. The van der Waals surface area contributed by atoms with E-state index in [0.29, 0.717) is 5.69 Å². The summed E-state index contributed by atoms with van der Waals surface area (Å²) in [6, 6.07) is 8.00. The Hall–Kier alpha value is -2.10. The number of nitrogens with zero attached hydrogens (tertiary/aromatic N) is 2. The van der Waals surface area contributed by atoms with Gasteiger partial charge in [0.2, 0.25) is 0 Å². The number of hydrogen-bond donors (Lipinski definition) is 0. The molecule has 0 spiro atoms. The van der Waals surface area contributed by atoms with Crippen LogP contribution >= 0.6 is 0 Å². The van der Waals surface area contributed by atoms with Crippen molar-refractivity contribution in [2.75, 3.05) is 11.9 Å². The molecule has 3 rings (SSSR count). The monoisotopic (exact) mass is 298 g/mol. The Labute approximate surface area is 131 Å². The fourth-order valence-corrected chi connectivity index (χ4v) is 3.13. The standard InChI is InChI=1S/C18H22N2O2/c1-3-13-9-7-8-11-15(13)20(2)18(21)17-14-10-5-4-6-12-16(14)22-19-17/h7-9,11H,3-6,10,12H2,1-2H3. The second kappa shape index (κ2) is 6.34. The molecule has 4 nitrogen and oxygen atoms in total. The van der Waals surface area contributed by atoms with Crippen LogP contribution in [0.2, 0.25) is 0 Å². The molecule has 1 aliphatic carbocycles. The van der Waals surface area contributed by atoms with E-state index in [0.717, 1.165) is 54.7 Å². The van der Waals surface area contributed by atoms with Crippen molar-refractivity contribution in [3.05, 3.63) is 46.8 Å². The summed E-state index contributed by atoms with van der Waals surface area (Å²) in [5.74, 6) is 0.825. The lowest BCUT2D eigenvalue weighted by Gasteiger charge is -2.19. The molecule has 1 aromatic carbocycles. The summed E-state index contributed by atoms with van der Waals surface area (Å²) < 4.78 is 5.43. The van der Waals surface area contributed by atoms with E-state index in [1.807, 2.05) is 25.2 Å². The number of carbonyl (C=O) groups is 1. The first-order chi connectivity index (χ1) is 10.7. The zero-order valence-corrected chi connectivity index (χ0v) is 13.3. The molecule has 1 aliphatic rings. The fraction of sp³-hybridized carbons (Fsp3) is 0.444. The maximum Gasteiger partial charge on any atom is 0.280 e. The number of aromatic nitrogens is 1. The van der Waals surface area contributed by atoms with E-state index in [1.54, 1.807) is 4.90 Å². The smallest absolute Gasteiger partial charge is 0.280 e. The van der Waals surface area contributed by atoms with Crippen LogP contribution in [0.15, 0.2) is 28.8 Å². The van der Waals surface area contributed by atoms with Gasteiger partial charge in [0.25, 0.3) is 5.91 Å². The highest BCUT2D eigenvalue weighted by molar-refractivity contribution is 6.05. The van der Waals surface area contributed by atoms with Gasteiger partial charge in [-0.2, -0.15) is 0 Å². The first-order valence-corrected chi connectivity index (χ1v) is 8.05. The van der Waals surface area contributed by atoms with Crippen LogP contribution in [0, 0.1) is 0 Å². The lowest BCUT2D eigenvalue weighted by atomic mass is 10.1. The molecular formula is C18H22N2O2. The van der Waals surface area contributed by atoms with Crippen LogP contribution in [0.1, 0.15) is 53.6 Å². The summed E-state index contributed by atoms with van der Waals surface area (Å²) >= 11 is 0. The molecule has 1 heterocycles. The third-order valence-electron chi connectivity index (χ3n) is 4.44.